The van der Waals surface area contributed by atoms with Crippen LogP contribution in [0.2, 0.25) is 0 Å². The summed E-state index contributed by atoms with van der Waals surface area (Å²) >= 11 is 0. The largest absolute Gasteiger partial charge is 0.331 e. The quantitative estimate of drug-likeness (QED) is 0.520. The van der Waals surface area contributed by atoms with Gasteiger partial charge >= 0.3 is 6.55 Å². The molecule has 0 amide bonds. The van der Waals surface area contributed by atoms with Crippen LogP contribution in [0.3, 0.4) is 0 Å². The molecule has 74 valence electrons. The van der Waals surface area contributed by atoms with E-state index < -0.39 is 6.55 Å². The molecule has 0 aliphatic rings. The summed E-state index contributed by atoms with van der Waals surface area (Å²) in [5.74, 6) is 0. The monoisotopic (exact) mass is 188 g/mol. The maximum absolute atomic E-state index is 11.7. The highest BCUT2D eigenvalue weighted by molar-refractivity contribution is 6.14. The Morgan fingerprint density at radius 3 is 2.31 bits per heavy atom. The zero-order valence-electron chi connectivity index (χ0n) is 8.06. The van der Waals surface area contributed by atoms with Gasteiger partial charge < -0.3 is 5.41 Å². The van der Waals surface area contributed by atoms with Gasteiger partial charge in [0.15, 0.2) is 0 Å². The Morgan fingerprint density at radius 1 is 1.46 bits per heavy atom. The SMILES string of the molecule is CC/C(C)=C(\C=NC(F)F)C(C)=N. The highest BCUT2D eigenvalue weighted by Gasteiger charge is 2.02. The molecule has 0 heterocycles. The fourth-order valence-electron chi connectivity index (χ4n) is 0.848. The van der Waals surface area contributed by atoms with Gasteiger partial charge in [0.05, 0.1) is 0 Å². The van der Waals surface area contributed by atoms with Gasteiger partial charge in [-0.3, -0.25) is 0 Å². The molecular formula is C9H14F2N2. The number of aliphatic imine (C=N–C) groups is 1. The zero-order valence-corrected chi connectivity index (χ0v) is 8.06. The minimum Gasteiger partial charge on any atom is -0.305 e. The second-order valence-electron chi connectivity index (χ2n) is 2.73. The Bertz CT molecular complexity index is 242. The lowest BCUT2D eigenvalue weighted by molar-refractivity contribution is 0.161. The maximum Gasteiger partial charge on any atom is 0.331 e. The van der Waals surface area contributed by atoms with Crippen molar-refractivity contribution in [2.45, 2.75) is 33.7 Å². The Morgan fingerprint density at radius 2 is 2.00 bits per heavy atom. The van der Waals surface area contributed by atoms with Gasteiger partial charge in [-0.05, 0) is 20.3 Å². The Balaban J connectivity index is 4.74. The van der Waals surface area contributed by atoms with Crippen LogP contribution in [0.1, 0.15) is 27.2 Å². The molecule has 13 heavy (non-hydrogen) atoms. The van der Waals surface area contributed by atoms with Crippen molar-refractivity contribution < 1.29 is 8.78 Å². The first-order valence-electron chi connectivity index (χ1n) is 4.05. The van der Waals surface area contributed by atoms with E-state index in [2.05, 4.69) is 4.99 Å². The number of nitrogens with one attached hydrogen (secondary N) is 1. The van der Waals surface area contributed by atoms with E-state index in [9.17, 15) is 8.78 Å². The molecule has 0 aromatic rings. The van der Waals surface area contributed by atoms with Gasteiger partial charge in [-0.2, -0.15) is 8.78 Å². The fraction of sp³-hybridized carbons (Fsp3) is 0.556. The summed E-state index contributed by atoms with van der Waals surface area (Å²) in [4.78, 5) is 2.96. The summed E-state index contributed by atoms with van der Waals surface area (Å²) in [5, 5.41) is 7.34. The molecule has 0 fully saturated rings. The first kappa shape index (κ1) is 11.9. The van der Waals surface area contributed by atoms with Crippen LogP contribution in [0.4, 0.5) is 8.78 Å². The Hall–Kier alpha value is -1.06. The van der Waals surface area contributed by atoms with Crippen LogP contribution in [-0.4, -0.2) is 18.5 Å². The second-order valence-corrected chi connectivity index (χ2v) is 2.73. The van der Waals surface area contributed by atoms with Gasteiger partial charge in [-0.1, -0.05) is 12.5 Å². The van der Waals surface area contributed by atoms with Crippen molar-refractivity contribution in [3.63, 3.8) is 0 Å². The van der Waals surface area contributed by atoms with Gasteiger partial charge in [0.1, 0.15) is 0 Å². The van der Waals surface area contributed by atoms with Crippen molar-refractivity contribution >= 4 is 11.9 Å². The molecule has 0 aromatic carbocycles. The molecule has 0 saturated heterocycles. The minimum absolute atomic E-state index is 0.267. The lowest BCUT2D eigenvalue weighted by Gasteiger charge is -2.03. The molecule has 4 heteroatoms. The van der Waals surface area contributed by atoms with Crippen molar-refractivity contribution in [3.05, 3.63) is 11.1 Å². The number of alkyl halides is 2. The Labute approximate surface area is 76.9 Å². The molecule has 0 unspecified atom stereocenters. The average Bonchev–Trinajstić information content (AvgIpc) is 2.03. The molecule has 0 rings (SSSR count). The third kappa shape index (κ3) is 4.50. The predicted molar refractivity (Wildman–Crippen MR) is 50.9 cm³/mol. The van der Waals surface area contributed by atoms with Crippen LogP contribution in [0.25, 0.3) is 0 Å². The summed E-state index contributed by atoms with van der Waals surface area (Å²) in [7, 11) is 0. The molecule has 0 aromatic heterocycles. The summed E-state index contributed by atoms with van der Waals surface area (Å²) in [6, 6.07) is 0. The molecule has 0 spiro atoms. The van der Waals surface area contributed by atoms with Crippen molar-refractivity contribution in [1.29, 1.82) is 5.41 Å². The molecule has 2 nitrogen and oxygen atoms in total. The number of hydrogen-bond donors (Lipinski definition) is 1. The predicted octanol–water partition coefficient (Wildman–Crippen LogP) is 3.05. The number of hydrogen-bond acceptors (Lipinski definition) is 2. The highest BCUT2D eigenvalue weighted by Crippen LogP contribution is 2.08. The van der Waals surface area contributed by atoms with Crippen LogP contribution in [0.15, 0.2) is 16.1 Å². The van der Waals surface area contributed by atoms with Gasteiger partial charge in [0.2, 0.25) is 0 Å². The smallest absolute Gasteiger partial charge is 0.305 e. The fourth-order valence-corrected chi connectivity index (χ4v) is 0.848. The summed E-state index contributed by atoms with van der Waals surface area (Å²) in [6.07, 6.45) is 1.81. The van der Waals surface area contributed by atoms with E-state index >= 15 is 0 Å². The first-order valence-corrected chi connectivity index (χ1v) is 4.05. The lowest BCUT2D eigenvalue weighted by atomic mass is 10.1. The van der Waals surface area contributed by atoms with Crippen LogP contribution < -0.4 is 0 Å². The average molecular weight is 188 g/mol. The van der Waals surface area contributed by atoms with Crippen molar-refractivity contribution in [3.8, 4) is 0 Å². The topological polar surface area (TPSA) is 36.2 Å². The molecule has 0 atom stereocenters. The number of nitrogens with zero attached hydrogens (tertiary/aromatic N) is 1. The summed E-state index contributed by atoms with van der Waals surface area (Å²) in [5.41, 5.74) is 1.67. The maximum atomic E-state index is 11.7. The lowest BCUT2D eigenvalue weighted by Crippen LogP contribution is -2.01. The van der Waals surface area contributed by atoms with E-state index in [0.29, 0.717) is 5.57 Å². The normalized spacial score (nSPS) is 13.7. The van der Waals surface area contributed by atoms with Crippen molar-refractivity contribution in [2.75, 3.05) is 0 Å². The van der Waals surface area contributed by atoms with Crippen LogP contribution >= 0.6 is 0 Å². The number of rotatable bonds is 4. The molecule has 0 bridgehead atoms. The van der Waals surface area contributed by atoms with Gasteiger partial charge in [-0.25, -0.2) is 4.99 Å². The number of allylic oxidation sites excluding steroid dienone is 2. The minimum atomic E-state index is -2.70. The van der Waals surface area contributed by atoms with Gasteiger partial charge in [0.25, 0.3) is 0 Å². The van der Waals surface area contributed by atoms with Crippen LogP contribution in [0.5, 0.6) is 0 Å². The Kier molecular flexibility index (Phi) is 5.11. The molecule has 1 N–H and O–H groups in total. The van der Waals surface area contributed by atoms with E-state index in [1.54, 1.807) is 6.92 Å². The van der Waals surface area contributed by atoms with Crippen LogP contribution in [0, 0.1) is 5.41 Å². The first-order chi connectivity index (χ1) is 5.99. The van der Waals surface area contributed by atoms with E-state index in [1.165, 1.54) is 0 Å². The summed E-state index contributed by atoms with van der Waals surface area (Å²) in [6.45, 7) is 2.59. The highest BCUT2D eigenvalue weighted by atomic mass is 19.3. The van der Waals surface area contributed by atoms with Gasteiger partial charge in [-0.15, -0.1) is 0 Å². The zero-order chi connectivity index (χ0) is 10.4. The van der Waals surface area contributed by atoms with E-state index in [-0.39, 0.29) is 5.71 Å². The second kappa shape index (κ2) is 5.56. The third-order valence-electron chi connectivity index (χ3n) is 1.71. The molecule has 0 aliphatic carbocycles. The molecular weight excluding hydrogens is 174 g/mol. The van der Waals surface area contributed by atoms with Crippen molar-refractivity contribution in [1.82, 2.24) is 0 Å². The standard InChI is InChI=1S/C9H14F2N2/c1-4-6(2)8(7(3)12)5-13-9(10)11/h5,9,12H,4H2,1-3H3/b8-6+,12-7?,13-5?. The molecule has 0 radical (unpaired) electrons. The van der Waals surface area contributed by atoms with Gasteiger partial charge in [0, 0.05) is 17.5 Å². The van der Waals surface area contributed by atoms with Crippen molar-refractivity contribution in [2.24, 2.45) is 4.99 Å². The number of halogens is 2. The third-order valence-corrected chi connectivity index (χ3v) is 1.71. The summed E-state index contributed by atoms with van der Waals surface area (Å²) < 4.78 is 23.5. The molecule has 0 saturated carbocycles. The van der Waals surface area contributed by atoms with E-state index in [4.69, 9.17) is 5.41 Å². The molecule has 0 aliphatic heterocycles. The van der Waals surface area contributed by atoms with E-state index in [0.717, 1.165) is 18.2 Å². The van der Waals surface area contributed by atoms with Crippen LogP contribution in [-0.2, 0) is 0 Å². The van der Waals surface area contributed by atoms with E-state index in [1.807, 2.05) is 13.8 Å².